The van der Waals surface area contributed by atoms with Crippen LogP contribution in [0.2, 0.25) is 0 Å². The average molecular weight is 577 g/mol. The van der Waals surface area contributed by atoms with E-state index in [1.54, 1.807) is 11.1 Å². The largest absolute Gasteiger partial charge is 0.748 e. The van der Waals surface area contributed by atoms with Crippen molar-refractivity contribution >= 4 is 18.5 Å². The molecule has 0 bridgehead atoms. The molecule has 3 aromatic rings. The summed E-state index contributed by atoms with van der Waals surface area (Å²) in [5, 5.41) is 7.94. The van der Waals surface area contributed by atoms with Gasteiger partial charge in [-0.05, 0) is 44.2 Å². The summed E-state index contributed by atoms with van der Waals surface area (Å²) in [6.45, 7) is 9.48. The van der Waals surface area contributed by atoms with E-state index in [0.29, 0.717) is 12.1 Å². The van der Waals surface area contributed by atoms with Gasteiger partial charge in [0, 0.05) is 34.3 Å². The van der Waals surface area contributed by atoms with Crippen molar-refractivity contribution in [1.29, 1.82) is 0 Å². The summed E-state index contributed by atoms with van der Waals surface area (Å²) in [6.07, 6.45) is 8.77. The number of rotatable bonds is 5. The summed E-state index contributed by atoms with van der Waals surface area (Å²) >= 11 is 0. The zero-order valence-electron chi connectivity index (χ0n) is 22.9. The molecule has 2 fully saturated rings. The molecule has 4 unspecified atom stereocenters. The average Bonchev–Trinajstić information content (AvgIpc) is 3.62. The number of hydrogen-bond donors (Lipinski definition) is 2. The summed E-state index contributed by atoms with van der Waals surface area (Å²) < 4.78 is 0. The van der Waals surface area contributed by atoms with Crippen LogP contribution in [0.25, 0.3) is 11.1 Å². The summed E-state index contributed by atoms with van der Waals surface area (Å²) in [5.74, 6) is 0. The number of benzene rings is 1. The maximum atomic E-state index is 3.97. The Morgan fingerprint density at radius 1 is 0.865 bits per heavy atom. The minimum absolute atomic E-state index is 0. The van der Waals surface area contributed by atoms with Crippen LogP contribution >= 0.6 is 18.5 Å². The van der Waals surface area contributed by atoms with Gasteiger partial charge in [0.1, 0.15) is 0 Å². The van der Waals surface area contributed by atoms with Crippen LogP contribution in [0.3, 0.4) is 0 Å². The van der Waals surface area contributed by atoms with Crippen molar-refractivity contribution in [2.45, 2.75) is 88.1 Å². The molecule has 2 saturated heterocycles. The van der Waals surface area contributed by atoms with E-state index in [-0.39, 0.29) is 27.6 Å². The molecule has 3 aromatic carbocycles. The van der Waals surface area contributed by atoms with Crippen LogP contribution in [-0.2, 0) is 33.8 Å². The zero-order valence-corrected chi connectivity index (χ0v) is 26.3. The van der Waals surface area contributed by atoms with E-state index in [2.05, 4.69) is 86.3 Å². The normalized spacial score (nSPS) is 21.8. The van der Waals surface area contributed by atoms with Crippen molar-refractivity contribution in [3.8, 4) is 11.1 Å². The SMILES string of the molecule is CC(C)(C)[c-]1c(-c2ccccc2)cc(CP)c1C(P)(C1CCCCN1)C1CCCCN1.[Fe].[cH-]1[cH-][cH-][cH-][cH-]1. The third-order valence-corrected chi connectivity index (χ3v) is 9.51. The van der Waals surface area contributed by atoms with Crippen molar-refractivity contribution < 1.29 is 17.1 Å². The van der Waals surface area contributed by atoms with Gasteiger partial charge in [0.05, 0.1) is 0 Å². The Kier molecular flexibility index (Phi) is 11.7. The van der Waals surface area contributed by atoms with Crippen LogP contribution in [0.1, 0.15) is 76.0 Å². The second kappa shape index (κ2) is 14.0. The summed E-state index contributed by atoms with van der Waals surface area (Å²) in [7, 11) is 6.47. The van der Waals surface area contributed by atoms with Gasteiger partial charge >= 0.3 is 0 Å². The molecule has 4 atom stereocenters. The Hall–Kier alpha value is -0.781. The van der Waals surface area contributed by atoms with Crippen molar-refractivity contribution in [3.05, 3.63) is 83.4 Å². The molecule has 0 saturated carbocycles. The van der Waals surface area contributed by atoms with Crippen LogP contribution in [0.4, 0.5) is 0 Å². The van der Waals surface area contributed by atoms with Crippen molar-refractivity contribution in [2.24, 2.45) is 0 Å². The maximum Gasteiger partial charge on any atom is 0.0234 e. The number of piperidine rings is 2. The predicted octanol–water partition coefficient (Wildman–Crippen LogP) is 7.50. The molecule has 0 aliphatic carbocycles. The second-order valence-corrected chi connectivity index (χ2v) is 12.9. The fourth-order valence-electron chi connectivity index (χ4n) is 6.32. The number of hydrogen-bond acceptors (Lipinski definition) is 2. The first kappa shape index (κ1) is 30.8. The molecule has 0 spiro atoms. The second-order valence-electron chi connectivity index (χ2n) is 11.6. The summed E-state index contributed by atoms with van der Waals surface area (Å²) in [6, 6.07) is 24.5. The van der Waals surface area contributed by atoms with Gasteiger partial charge in [0.15, 0.2) is 0 Å². The quantitative estimate of drug-likeness (QED) is 0.187. The van der Waals surface area contributed by atoms with Crippen LogP contribution in [-0.4, -0.2) is 25.2 Å². The molecule has 5 rings (SSSR count). The van der Waals surface area contributed by atoms with Gasteiger partial charge in [-0.2, -0.15) is 11.6 Å². The smallest absolute Gasteiger partial charge is 0.0234 e. The van der Waals surface area contributed by atoms with Crippen LogP contribution in [0.15, 0.2) is 66.7 Å². The Labute approximate surface area is 241 Å². The van der Waals surface area contributed by atoms with Gasteiger partial charge in [-0.25, -0.2) is 0 Å². The van der Waals surface area contributed by atoms with Gasteiger partial charge in [-0.3, -0.25) is 0 Å². The van der Waals surface area contributed by atoms with Gasteiger partial charge in [-0.15, -0.1) is 35.2 Å². The molecule has 2 aliphatic heterocycles. The summed E-state index contributed by atoms with van der Waals surface area (Å²) in [4.78, 5) is 0. The monoisotopic (exact) mass is 576 g/mol. The first-order valence-electron chi connectivity index (χ1n) is 13.9. The zero-order chi connectivity index (χ0) is 25.6. The van der Waals surface area contributed by atoms with E-state index < -0.39 is 0 Å². The van der Waals surface area contributed by atoms with Crippen molar-refractivity contribution in [3.63, 3.8) is 0 Å². The standard InChI is InChI=1S/C27H41N2P2.C5H5.Fe/c1-26(2,3)25-21(19-11-5-4-6-12-19)17-20(18-30)24(25)27(31,22-13-7-9-15-28-22)23-14-8-10-16-29-23;1-2-4-5-3-1;/h4-6,11-12,17,22-23,28-29H,7-10,13-16,18,30-31H2,1-3H3;1-5H;/q-1;-5;. The molecule has 2 N–H and O–H groups in total. The van der Waals surface area contributed by atoms with Crippen LogP contribution < -0.4 is 10.6 Å². The molecular formula is C32H46FeN2P2-6. The van der Waals surface area contributed by atoms with E-state index in [0.717, 1.165) is 19.3 Å². The third-order valence-electron chi connectivity index (χ3n) is 7.98. The van der Waals surface area contributed by atoms with Gasteiger partial charge < -0.3 is 41.0 Å². The minimum atomic E-state index is 0. The molecule has 2 heterocycles. The molecular weight excluding hydrogens is 530 g/mol. The Morgan fingerprint density at radius 2 is 1.38 bits per heavy atom. The first-order valence-corrected chi connectivity index (χ1v) is 15.3. The van der Waals surface area contributed by atoms with Crippen molar-refractivity contribution in [1.82, 2.24) is 10.6 Å². The van der Waals surface area contributed by atoms with E-state index in [9.17, 15) is 0 Å². The van der Waals surface area contributed by atoms with E-state index in [1.807, 2.05) is 30.3 Å². The first-order chi connectivity index (χ1) is 17.4. The van der Waals surface area contributed by atoms with Crippen molar-refractivity contribution in [2.75, 3.05) is 13.1 Å². The minimum Gasteiger partial charge on any atom is -0.748 e. The molecule has 208 valence electrons. The van der Waals surface area contributed by atoms with E-state index in [1.165, 1.54) is 55.2 Å². The molecule has 37 heavy (non-hydrogen) atoms. The van der Waals surface area contributed by atoms with Gasteiger partial charge in [-0.1, -0.05) is 75.7 Å². The molecule has 5 heteroatoms. The summed E-state index contributed by atoms with van der Waals surface area (Å²) in [5.41, 5.74) is 7.49. The van der Waals surface area contributed by atoms with E-state index >= 15 is 0 Å². The predicted molar refractivity (Wildman–Crippen MR) is 164 cm³/mol. The molecule has 0 aromatic heterocycles. The van der Waals surface area contributed by atoms with Gasteiger partial charge in [0.25, 0.3) is 0 Å². The van der Waals surface area contributed by atoms with Crippen LogP contribution in [0.5, 0.6) is 0 Å². The van der Waals surface area contributed by atoms with E-state index in [4.69, 9.17) is 0 Å². The Bertz CT molecular complexity index is 1010. The Balaban J connectivity index is 0.000000568. The fourth-order valence-corrected chi connectivity index (χ4v) is 7.55. The molecule has 0 amide bonds. The number of nitrogens with one attached hydrogen (secondary N) is 2. The maximum absolute atomic E-state index is 3.97. The fraction of sp³-hybridized carbons (Fsp3) is 0.500. The molecule has 2 aliphatic rings. The molecule has 0 radical (unpaired) electrons. The van der Waals surface area contributed by atoms with Gasteiger partial charge in [0.2, 0.25) is 0 Å². The molecule has 2 nitrogen and oxygen atoms in total. The third kappa shape index (κ3) is 7.06. The topological polar surface area (TPSA) is 24.1 Å². The van der Waals surface area contributed by atoms with Crippen LogP contribution in [0, 0.1) is 0 Å². The Morgan fingerprint density at radius 3 is 1.78 bits per heavy atom.